The van der Waals surface area contributed by atoms with Gasteiger partial charge in [-0.1, -0.05) is 12.5 Å². The summed E-state index contributed by atoms with van der Waals surface area (Å²) in [5.41, 5.74) is 2.13. The van der Waals surface area contributed by atoms with Gasteiger partial charge >= 0.3 is 0 Å². The van der Waals surface area contributed by atoms with Crippen molar-refractivity contribution in [2.45, 2.75) is 103 Å². The Morgan fingerprint density at radius 2 is 1.78 bits per heavy atom. The molecule has 1 spiro atoms. The van der Waals surface area contributed by atoms with Gasteiger partial charge in [0.1, 0.15) is 0 Å². The van der Waals surface area contributed by atoms with Crippen LogP contribution in [0.3, 0.4) is 0 Å². The van der Waals surface area contributed by atoms with Crippen LogP contribution in [0, 0.1) is 29.1 Å². The summed E-state index contributed by atoms with van der Waals surface area (Å²) in [5.74, 6) is 3.31. The highest BCUT2D eigenvalue weighted by molar-refractivity contribution is 5.20. The average Bonchev–Trinajstić information content (AvgIpc) is 3.06. The molecule has 2 bridgehead atoms. The van der Waals surface area contributed by atoms with Crippen molar-refractivity contribution in [2.24, 2.45) is 29.1 Å². The molecular weight excluding hydrogens is 334 g/mol. The molecule has 3 aliphatic carbocycles. The van der Waals surface area contributed by atoms with Crippen LogP contribution < -0.4 is 5.32 Å². The number of aliphatic hydroxyl groups is 1. The van der Waals surface area contributed by atoms with E-state index in [2.05, 4.69) is 25.2 Å². The molecule has 3 saturated carbocycles. The summed E-state index contributed by atoms with van der Waals surface area (Å²) >= 11 is 0. The number of aliphatic hydroxyl groups excluding tert-OH is 1. The molecule has 0 aromatic heterocycles. The van der Waals surface area contributed by atoms with Crippen molar-refractivity contribution < 1.29 is 9.84 Å². The quantitative estimate of drug-likeness (QED) is 0.522. The van der Waals surface area contributed by atoms with Crippen LogP contribution in [0.4, 0.5) is 0 Å². The van der Waals surface area contributed by atoms with Crippen molar-refractivity contribution >= 4 is 0 Å². The molecule has 3 nitrogen and oxygen atoms in total. The van der Waals surface area contributed by atoms with Gasteiger partial charge in [-0.05, 0) is 113 Å². The Morgan fingerprint density at radius 3 is 2.37 bits per heavy atom. The predicted octanol–water partition coefficient (Wildman–Crippen LogP) is 5.04. The zero-order valence-electron chi connectivity index (χ0n) is 17.8. The molecule has 4 aliphatic rings. The van der Waals surface area contributed by atoms with Gasteiger partial charge < -0.3 is 15.2 Å². The summed E-state index contributed by atoms with van der Waals surface area (Å²) in [6.07, 6.45) is 15.3. The van der Waals surface area contributed by atoms with Crippen molar-refractivity contribution in [1.82, 2.24) is 5.32 Å². The average molecular weight is 376 g/mol. The number of ether oxygens (including phenoxy) is 1. The Balaban J connectivity index is 1.36. The minimum atomic E-state index is -0.693. The number of hydrogen-bond donors (Lipinski definition) is 2. The highest BCUT2D eigenvalue weighted by Gasteiger charge is 2.48. The van der Waals surface area contributed by atoms with Gasteiger partial charge in [-0.25, -0.2) is 0 Å². The lowest BCUT2D eigenvalue weighted by atomic mass is 9.60. The Hall–Kier alpha value is -0.380. The van der Waals surface area contributed by atoms with E-state index in [0.29, 0.717) is 18.1 Å². The van der Waals surface area contributed by atoms with Crippen LogP contribution in [0.2, 0.25) is 0 Å². The molecule has 0 amide bonds. The molecule has 1 saturated heterocycles. The minimum Gasteiger partial charge on any atom is -0.365 e. The summed E-state index contributed by atoms with van der Waals surface area (Å²) in [4.78, 5) is 0. The molecule has 0 aromatic rings. The van der Waals surface area contributed by atoms with Crippen molar-refractivity contribution in [3.63, 3.8) is 0 Å². The van der Waals surface area contributed by atoms with Gasteiger partial charge in [0.2, 0.25) is 0 Å². The molecular formula is C24H41NO2. The number of nitrogens with one attached hydrogen (secondary N) is 1. The fourth-order valence-electron chi connectivity index (χ4n) is 7.57. The Labute approximate surface area is 166 Å². The first-order chi connectivity index (χ1) is 13.0. The van der Waals surface area contributed by atoms with Crippen LogP contribution in [-0.4, -0.2) is 30.1 Å². The summed E-state index contributed by atoms with van der Waals surface area (Å²) in [6, 6.07) is 1.46. The third kappa shape index (κ3) is 3.89. The van der Waals surface area contributed by atoms with Gasteiger partial charge in [-0.15, -0.1) is 0 Å². The molecule has 27 heavy (non-hydrogen) atoms. The third-order valence-corrected chi connectivity index (χ3v) is 8.69. The molecule has 5 atom stereocenters. The Kier molecular flexibility index (Phi) is 6.02. The second-order valence-electron chi connectivity index (χ2n) is 10.1. The van der Waals surface area contributed by atoms with Gasteiger partial charge in [-0.2, -0.15) is 0 Å². The summed E-state index contributed by atoms with van der Waals surface area (Å²) in [7, 11) is 0. The Morgan fingerprint density at radius 1 is 1.11 bits per heavy atom. The first-order valence-electron chi connectivity index (χ1n) is 11.8. The third-order valence-electron chi connectivity index (χ3n) is 8.69. The second-order valence-corrected chi connectivity index (χ2v) is 10.1. The van der Waals surface area contributed by atoms with Gasteiger partial charge in [0.05, 0.1) is 0 Å². The highest BCUT2D eigenvalue weighted by atomic mass is 16.6. The van der Waals surface area contributed by atoms with Crippen LogP contribution in [0.15, 0.2) is 11.6 Å². The van der Waals surface area contributed by atoms with Crippen LogP contribution in [0.1, 0.15) is 85.0 Å². The molecule has 154 valence electrons. The van der Waals surface area contributed by atoms with E-state index in [-0.39, 0.29) is 0 Å². The number of allylic oxidation sites excluding steroid dienone is 1. The molecule has 4 fully saturated rings. The van der Waals surface area contributed by atoms with E-state index >= 15 is 0 Å². The molecule has 0 radical (unpaired) electrons. The maximum Gasteiger partial charge on any atom is 0.174 e. The standard InChI is InChI=1S/C24H41NO2/c1-4-22-24(15-16(3)25-22)10-8-17(9-11-24)20-12-18-6-7-19(13-20)21(18)14-23(26)27-5-2/h14,16-20,22-23,25-26H,4-13,15H2,1-3H3. The molecule has 2 N–H and O–H groups in total. The molecule has 1 heterocycles. The molecule has 0 aromatic carbocycles. The SMILES string of the molecule is CCOC(O)C=C1C2CCC1CC(C1CCC3(CC1)CC(C)NC3CC)C2. The number of rotatable bonds is 5. The largest absolute Gasteiger partial charge is 0.365 e. The van der Waals surface area contributed by atoms with Crippen LogP contribution >= 0.6 is 0 Å². The fraction of sp³-hybridized carbons (Fsp3) is 0.917. The fourth-order valence-corrected chi connectivity index (χ4v) is 7.57. The molecule has 3 heteroatoms. The van der Waals surface area contributed by atoms with Crippen LogP contribution in [0.5, 0.6) is 0 Å². The lowest BCUT2D eigenvalue weighted by molar-refractivity contribution is -0.0599. The number of hydrogen-bond acceptors (Lipinski definition) is 3. The van der Waals surface area contributed by atoms with Crippen LogP contribution in [-0.2, 0) is 4.74 Å². The monoisotopic (exact) mass is 375 g/mol. The first kappa shape index (κ1) is 19.9. The maximum absolute atomic E-state index is 10.1. The van der Waals surface area contributed by atoms with Crippen molar-refractivity contribution in [3.05, 3.63) is 11.6 Å². The second kappa shape index (κ2) is 8.16. The number of fused-ring (bicyclic) bond motifs is 2. The van der Waals surface area contributed by atoms with Crippen molar-refractivity contribution in [2.75, 3.05) is 6.61 Å². The van der Waals surface area contributed by atoms with Gasteiger partial charge in [-0.3, -0.25) is 0 Å². The van der Waals surface area contributed by atoms with E-state index in [1.165, 1.54) is 69.8 Å². The molecule has 1 aliphatic heterocycles. The van der Waals surface area contributed by atoms with E-state index < -0.39 is 6.29 Å². The van der Waals surface area contributed by atoms with E-state index in [4.69, 9.17) is 4.74 Å². The topological polar surface area (TPSA) is 41.5 Å². The highest BCUT2D eigenvalue weighted by Crippen LogP contribution is 2.56. The summed E-state index contributed by atoms with van der Waals surface area (Å²) in [5, 5.41) is 13.9. The maximum atomic E-state index is 10.1. The van der Waals surface area contributed by atoms with Crippen molar-refractivity contribution in [1.29, 1.82) is 0 Å². The lowest BCUT2D eigenvalue weighted by Gasteiger charge is -2.45. The van der Waals surface area contributed by atoms with Gasteiger partial charge in [0, 0.05) is 18.7 Å². The van der Waals surface area contributed by atoms with Crippen LogP contribution in [0.25, 0.3) is 0 Å². The van der Waals surface area contributed by atoms with E-state index in [0.717, 1.165) is 29.7 Å². The minimum absolute atomic E-state index is 0.582. The van der Waals surface area contributed by atoms with E-state index in [1.807, 2.05) is 6.92 Å². The zero-order chi connectivity index (χ0) is 19.0. The van der Waals surface area contributed by atoms with E-state index in [1.54, 1.807) is 0 Å². The van der Waals surface area contributed by atoms with Gasteiger partial charge in [0.15, 0.2) is 6.29 Å². The van der Waals surface area contributed by atoms with Gasteiger partial charge in [0.25, 0.3) is 0 Å². The predicted molar refractivity (Wildman–Crippen MR) is 110 cm³/mol. The lowest BCUT2D eigenvalue weighted by Crippen LogP contribution is -2.41. The van der Waals surface area contributed by atoms with Crippen molar-refractivity contribution in [3.8, 4) is 0 Å². The normalized spacial score (nSPS) is 45.4. The summed E-state index contributed by atoms with van der Waals surface area (Å²) < 4.78 is 5.37. The van der Waals surface area contributed by atoms with E-state index in [9.17, 15) is 5.11 Å². The first-order valence-corrected chi connectivity index (χ1v) is 11.8. The summed E-state index contributed by atoms with van der Waals surface area (Å²) in [6.45, 7) is 7.28. The zero-order valence-corrected chi connectivity index (χ0v) is 17.8. The smallest absolute Gasteiger partial charge is 0.174 e. The Bertz CT molecular complexity index is 520. The molecule has 5 unspecified atom stereocenters. The molecule has 4 rings (SSSR count).